The summed E-state index contributed by atoms with van der Waals surface area (Å²) in [5.41, 5.74) is 0.943. The Morgan fingerprint density at radius 1 is 1.32 bits per heavy atom. The first-order valence-electron chi connectivity index (χ1n) is 6.92. The summed E-state index contributed by atoms with van der Waals surface area (Å²) in [5, 5.41) is 11.5. The van der Waals surface area contributed by atoms with Gasteiger partial charge in [-0.1, -0.05) is 16.8 Å². The molecule has 1 aromatic carbocycles. The van der Waals surface area contributed by atoms with Crippen LogP contribution >= 0.6 is 11.6 Å². The van der Waals surface area contributed by atoms with E-state index in [1.54, 1.807) is 23.0 Å². The van der Waals surface area contributed by atoms with Crippen LogP contribution in [0.15, 0.2) is 30.5 Å². The topological polar surface area (TPSA) is 69.0 Å². The number of carbonyl (C=O) groups is 1. The molecule has 6 nitrogen and oxygen atoms in total. The fourth-order valence-corrected chi connectivity index (χ4v) is 1.88. The van der Waals surface area contributed by atoms with Crippen LogP contribution in [0, 0.1) is 0 Å². The SMILES string of the molecule is C[C@H](NC(=O)OC(C)(C)C)c1cn(-c2ccc(Cl)cc2)nn1. The fraction of sp³-hybridized carbons (Fsp3) is 0.400. The molecule has 1 aromatic heterocycles. The van der Waals surface area contributed by atoms with Crippen molar-refractivity contribution in [2.45, 2.75) is 39.3 Å². The number of ether oxygens (including phenoxy) is 1. The van der Waals surface area contributed by atoms with Crippen molar-refractivity contribution < 1.29 is 9.53 Å². The molecular weight excluding hydrogens is 304 g/mol. The number of nitrogens with one attached hydrogen (secondary N) is 1. The number of carbonyl (C=O) groups excluding carboxylic acids is 1. The predicted molar refractivity (Wildman–Crippen MR) is 84.2 cm³/mol. The molecule has 2 rings (SSSR count). The van der Waals surface area contributed by atoms with E-state index in [0.29, 0.717) is 10.7 Å². The molecule has 118 valence electrons. The van der Waals surface area contributed by atoms with E-state index >= 15 is 0 Å². The Morgan fingerprint density at radius 3 is 2.55 bits per heavy atom. The molecule has 1 amide bonds. The third-order valence-corrected chi connectivity index (χ3v) is 3.03. The molecule has 1 heterocycles. The van der Waals surface area contributed by atoms with Crippen LogP contribution < -0.4 is 5.32 Å². The van der Waals surface area contributed by atoms with Gasteiger partial charge in [-0.25, -0.2) is 9.48 Å². The summed E-state index contributed by atoms with van der Waals surface area (Å²) < 4.78 is 6.84. The van der Waals surface area contributed by atoms with E-state index in [4.69, 9.17) is 16.3 Å². The van der Waals surface area contributed by atoms with Crippen molar-refractivity contribution in [1.29, 1.82) is 0 Å². The van der Waals surface area contributed by atoms with Crippen LogP contribution in [0.5, 0.6) is 0 Å². The lowest BCUT2D eigenvalue weighted by atomic mass is 10.2. The lowest BCUT2D eigenvalue weighted by Gasteiger charge is -2.21. The number of benzene rings is 1. The number of alkyl carbamates (subject to hydrolysis) is 1. The Balaban J connectivity index is 2.04. The highest BCUT2D eigenvalue weighted by Gasteiger charge is 2.19. The van der Waals surface area contributed by atoms with Crippen LogP contribution in [0.1, 0.15) is 39.4 Å². The van der Waals surface area contributed by atoms with Gasteiger partial charge >= 0.3 is 6.09 Å². The number of halogens is 1. The van der Waals surface area contributed by atoms with Gasteiger partial charge in [0.1, 0.15) is 11.3 Å². The smallest absolute Gasteiger partial charge is 0.408 e. The maximum atomic E-state index is 11.8. The molecule has 0 aliphatic carbocycles. The van der Waals surface area contributed by atoms with Crippen molar-refractivity contribution in [3.8, 4) is 5.69 Å². The van der Waals surface area contributed by atoms with Gasteiger partial charge in [-0.05, 0) is 52.0 Å². The van der Waals surface area contributed by atoms with Gasteiger partial charge in [-0.15, -0.1) is 5.10 Å². The molecule has 0 fully saturated rings. The number of hydrogen-bond donors (Lipinski definition) is 1. The molecule has 0 saturated carbocycles. The highest BCUT2D eigenvalue weighted by molar-refractivity contribution is 6.30. The number of aromatic nitrogens is 3. The minimum atomic E-state index is -0.537. The average molecular weight is 323 g/mol. The number of hydrogen-bond acceptors (Lipinski definition) is 4. The zero-order valence-corrected chi connectivity index (χ0v) is 13.8. The van der Waals surface area contributed by atoms with Crippen molar-refractivity contribution >= 4 is 17.7 Å². The van der Waals surface area contributed by atoms with E-state index in [2.05, 4.69) is 15.6 Å². The molecular formula is C15H19ClN4O2. The largest absolute Gasteiger partial charge is 0.444 e. The van der Waals surface area contributed by atoms with Crippen molar-refractivity contribution in [3.05, 3.63) is 41.2 Å². The first-order chi connectivity index (χ1) is 10.2. The Labute approximate surface area is 134 Å². The Kier molecular flexibility index (Phi) is 4.71. The molecule has 0 spiro atoms. The van der Waals surface area contributed by atoms with E-state index in [9.17, 15) is 4.79 Å². The third kappa shape index (κ3) is 4.46. The Bertz CT molecular complexity index is 646. The van der Waals surface area contributed by atoms with E-state index < -0.39 is 11.7 Å². The van der Waals surface area contributed by atoms with Gasteiger partial charge in [0.25, 0.3) is 0 Å². The highest BCUT2D eigenvalue weighted by Crippen LogP contribution is 2.15. The Hall–Kier alpha value is -2.08. The van der Waals surface area contributed by atoms with Gasteiger partial charge in [0.05, 0.1) is 17.9 Å². The zero-order chi connectivity index (χ0) is 16.3. The van der Waals surface area contributed by atoms with Gasteiger partial charge in [0.2, 0.25) is 0 Å². The van der Waals surface area contributed by atoms with E-state index in [1.165, 1.54) is 0 Å². The third-order valence-electron chi connectivity index (χ3n) is 2.78. The summed E-state index contributed by atoms with van der Waals surface area (Å²) in [4.78, 5) is 11.8. The number of nitrogens with zero attached hydrogens (tertiary/aromatic N) is 3. The highest BCUT2D eigenvalue weighted by atomic mass is 35.5. The van der Waals surface area contributed by atoms with Crippen molar-refractivity contribution in [2.75, 3.05) is 0 Å². The summed E-state index contributed by atoms with van der Waals surface area (Å²) in [7, 11) is 0. The lowest BCUT2D eigenvalue weighted by Crippen LogP contribution is -2.34. The van der Waals surface area contributed by atoms with Crippen molar-refractivity contribution in [2.24, 2.45) is 0 Å². The lowest BCUT2D eigenvalue weighted by molar-refractivity contribution is 0.0507. The van der Waals surface area contributed by atoms with Gasteiger partial charge < -0.3 is 10.1 Å². The van der Waals surface area contributed by atoms with Crippen LogP contribution in [0.3, 0.4) is 0 Å². The van der Waals surface area contributed by atoms with E-state index in [0.717, 1.165) is 5.69 Å². The zero-order valence-electron chi connectivity index (χ0n) is 13.0. The van der Waals surface area contributed by atoms with Crippen molar-refractivity contribution in [3.63, 3.8) is 0 Å². The monoisotopic (exact) mass is 322 g/mol. The van der Waals surface area contributed by atoms with Gasteiger partial charge in [0.15, 0.2) is 0 Å². The minimum absolute atomic E-state index is 0.309. The molecule has 2 aromatic rings. The first-order valence-corrected chi connectivity index (χ1v) is 7.30. The Morgan fingerprint density at radius 2 is 1.95 bits per heavy atom. The molecule has 7 heteroatoms. The minimum Gasteiger partial charge on any atom is -0.444 e. The van der Waals surface area contributed by atoms with E-state index in [-0.39, 0.29) is 6.04 Å². The average Bonchev–Trinajstić information content (AvgIpc) is 2.86. The molecule has 1 atom stereocenters. The van der Waals surface area contributed by atoms with Crippen LogP contribution in [-0.2, 0) is 4.74 Å². The second kappa shape index (κ2) is 6.36. The summed E-state index contributed by atoms with van der Waals surface area (Å²) in [6.45, 7) is 7.26. The summed E-state index contributed by atoms with van der Waals surface area (Å²) >= 11 is 5.86. The maximum Gasteiger partial charge on any atom is 0.408 e. The van der Waals surface area contributed by atoms with Gasteiger partial charge in [0, 0.05) is 5.02 Å². The molecule has 0 saturated heterocycles. The summed E-state index contributed by atoms with van der Waals surface area (Å²) in [5.74, 6) is 0. The molecule has 1 N–H and O–H groups in total. The second-order valence-electron chi connectivity index (χ2n) is 5.93. The van der Waals surface area contributed by atoms with Crippen LogP contribution in [0.4, 0.5) is 4.79 Å². The quantitative estimate of drug-likeness (QED) is 0.939. The number of amides is 1. The van der Waals surface area contributed by atoms with Crippen LogP contribution in [0.2, 0.25) is 5.02 Å². The predicted octanol–water partition coefficient (Wildman–Crippen LogP) is 3.51. The molecule has 0 bridgehead atoms. The van der Waals surface area contributed by atoms with Crippen molar-refractivity contribution in [1.82, 2.24) is 20.3 Å². The standard InChI is InChI=1S/C15H19ClN4O2/c1-10(17-14(21)22-15(2,3)4)13-9-20(19-18-13)12-7-5-11(16)6-8-12/h5-10H,1-4H3,(H,17,21)/t10-/m0/s1. The van der Waals surface area contributed by atoms with E-state index in [1.807, 2.05) is 39.8 Å². The normalized spacial score (nSPS) is 12.8. The molecule has 0 aliphatic rings. The molecule has 22 heavy (non-hydrogen) atoms. The number of rotatable bonds is 3. The maximum absolute atomic E-state index is 11.8. The van der Waals surface area contributed by atoms with Crippen LogP contribution in [0.25, 0.3) is 5.69 Å². The summed E-state index contributed by atoms with van der Waals surface area (Å²) in [6.07, 6.45) is 1.27. The molecule has 0 unspecified atom stereocenters. The second-order valence-corrected chi connectivity index (χ2v) is 6.37. The van der Waals surface area contributed by atoms with Gasteiger partial charge in [-0.3, -0.25) is 0 Å². The fourth-order valence-electron chi connectivity index (χ4n) is 1.75. The molecule has 0 aliphatic heterocycles. The first kappa shape index (κ1) is 16.3. The molecule has 0 radical (unpaired) electrons. The van der Waals surface area contributed by atoms with Gasteiger partial charge in [-0.2, -0.15) is 0 Å². The summed E-state index contributed by atoms with van der Waals surface area (Å²) in [6, 6.07) is 6.93. The van der Waals surface area contributed by atoms with Crippen LogP contribution in [-0.4, -0.2) is 26.7 Å².